The molecular formula is C6H10N2O4S. The van der Waals surface area contributed by atoms with E-state index in [2.05, 4.69) is 6.58 Å². The molecule has 74 valence electrons. The quantitative estimate of drug-likeness (QED) is 0.566. The molecular weight excluding hydrogens is 196 g/mol. The molecule has 0 aromatic rings. The van der Waals surface area contributed by atoms with Gasteiger partial charge in [0.15, 0.2) is 0 Å². The van der Waals surface area contributed by atoms with E-state index in [-0.39, 0.29) is 13.1 Å². The summed E-state index contributed by atoms with van der Waals surface area (Å²) in [6.45, 7) is 3.45. The van der Waals surface area contributed by atoms with Crippen LogP contribution in [0, 0.1) is 0 Å². The Bertz CT molecular complexity index is 324. The molecule has 0 aromatic carbocycles. The second-order valence-electron chi connectivity index (χ2n) is 2.62. The third-order valence-corrected chi connectivity index (χ3v) is 3.21. The fourth-order valence-electron chi connectivity index (χ4n) is 1.04. The molecule has 0 saturated carbocycles. The van der Waals surface area contributed by atoms with E-state index in [1.54, 1.807) is 0 Å². The third kappa shape index (κ3) is 2.06. The summed E-state index contributed by atoms with van der Waals surface area (Å²) < 4.78 is 25.4. The zero-order valence-corrected chi connectivity index (χ0v) is 7.62. The van der Waals surface area contributed by atoms with Crippen LogP contribution in [0.15, 0.2) is 12.7 Å². The number of rotatable bonds is 3. The van der Waals surface area contributed by atoms with Crippen LogP contribution in [0.5, 0.6) is 0 Å². The van der Waals surface area contributed by atoms with Gasteiger partial charge in [0, 0.05) is 13.1 Å². The van der Waals surface area contributed by atoms with Gasteiger partial charge in [-0.25, -0.2) is 0 Å². The van der Waals surface area contributed by atoms with Crippen LogP contribution in [0.2, 0.25) is 0 Å². The van der Waals surface area contributed by atoms with Gasteiger partial charge in [0.1, 0.15) is 6.04 Å². The summed E-state index contributed by atoms with van der Waals surface area (Å²) in [6, 6.07) is -1.05. The second-order valence-corrected chi connectivity index (χ2v) is 4.32. The molecule has 1 saturated heterocycles. The Kier molecular flexibility index (Phi) is 2.69. The summed E-state index contributed by atoms with van der Waals surface area (Å²) in [4.78, 5) is 10.5. The van der Waals surface area contributed by atoms with Crippen LogP contribution in [0.25, 0.3) is 0 Å². The highest BCUT2D eigenvalue weighted by Crippen LogP contribution is 2.09. The van der Waals surface area contributed by atoms with Crippen LogP contribution >= 0.6 is 0 Å². The summed E-state index contributed by atoms with van der Waals surface area (Å²) in [5.74, 6) is -1.17. The molecule has 2 N–H and O–H groups in total. The molecule has 1 unspecified atom stereocenters. The number of carboxylic acid groups (broad SMARTS) is 1. The molecule has 0 aliphatic carbocycles. The standard InChI is InChI=1S/C6H10N2O4S/c1-2-3-8-4-5(6(9)10)7-13(8,11)12/h2,5,7H,1,3-4H2,(H,9,10). The lowest BCUT2D eigenvalue weighted by Crippen LogP contribution is -2.34. The van der Waals surface area contributed by atoms with E-state index in [9.17, 15) is 13.2 Å². The van der Waals surface area contributed by atoms with Crippen molar-refractivity contribution in [1.82, 2.24) is 9.03 Å². The fourth-order valence-corrected chi connectivity index (χ4v) is 2.37. The predicted octanol–water partition coefficient (Wildman–Crippen LogP) is -1.22. The molecule has 0 bridgehead atoms. The summed E-state index contributed by atoms with van der Waals surface area (Å²) in [6.07, 6.45) is 1.41. The lowest BCUT2D eigenvalue weighted by Gasteiger charge is -2.08. The Morgan fingerprint density at radius 3 is 2.77 bits per heavy atom. The molecule has 1 rings (SSSR count). The van der Waals surface area contributed by atoms with Gasteiger partial charge in [-0.3, -0.25) is 4.79 Å². The molecule has 0 aromatic heterocycles. The lowest BCUT2D eigenvalue weighted by molar-refractivity contribution is -0.138. The Labute approximate surface area is 76.0 Å². The zero-order chi connectivity index (χ0) is 10.1. The average molecular weight is 206 g/mol. The number of hydrogen-bond acceptors (Lipinski definition) is 3. The van der Waals surface area contributed by atoms with Crippen molar-refractivity contribution in [2.24, 2.45) is 0 Å². The molecule has 0 radical (unpaired) electrons. The summed E-state index contributed by atoms with van der Waals surface area (Å²) in [7, 11) is -3.61. The molecule has 1 heterocycles. The number of nitrogens with one attached hydrogen (secondary N) is 1. The monoisotopic (exact) mass is 206 g/mol. The lowest BCUT2D eigenvalue weighted by atomic mass is 10.3. The first-order valence-electron chi connectivity index (χ1n) is 3.58. The highest BCUT2D eigenvalue weighted by atomic mass is 32.2. The Morgan fingerprint density at radius 1 is 1.77 bits per heavy atom. The van der Waals surface area contributed by atoms with Crippen LogP contribution in [0.3, 0.4) is 0 Å². The van der Waals surface area contributed by atoms with Crippen molar-refractivity contribution in [3.63, 3.8) is 0 Å². The molecule has 0 amide bonds. The molecule has 1 atom stereocenters. The molecule has 6 nitrogen and oxygen atoms in total. The number of nitrogens with zero attached hydrogens (tertiary/aromatic N) is 1. The maximum Gasteiger partial charge on any atom is 0.323 e. The van der Waals surface area contributed by atoms with Crippen molar-refractivity contribution in [3.05, 3.63) is 12.7 Å². The fraction of sp³-hybridized carbons (Fsp3) is 0.500. The number of aliphatic carboxylic acids is 1. The van der Waals surface area contributed by atoms with E-state index >= 15 is 0 Å². The summed E-state index contributed by atoms with van der Waals surface area (Å²) in [5, 5.41) is 8.55. The van der Waals surface area contributed by atoms with E-state index in [1.165, 1.54) is 6.08 Å². The number of hydrogen-bond donors (Lipinski definition) is 2. The van der Waals surface area contributed by atoms with Gasteiger partial charge in [-0.1, -0.05) is 6.08 Å². The Balaban J connectivity index is 2.79. The smallest absolute Gasteiger partial charge is 0.323 e. The van der Waals surface area contributed by atoms with Crippen LogP contribution in [0.1, 0.15) is 0 Å². The Hall–Kier alpha value is -0.920. The van der Waals surface area contributed by atoms with E-state index < -0.39 is 22.2 Å². The zero-order valence-electron chi connectivity index (χ0n) is 6.80. The molecule has 1 aliphatic rings. The SMILES string of the molecule is C=CCN1CC(C(=O)O)NS1(=O)=O. The minimum Gasteiger partial charge on any atom is -0.480 e. The van der Waals surface area contributed by atoms with Crippen molar-refractivity contribution in [2.45, 2.75) is 6.04 Å². The Morgan fingerprint density at radius 2 is 2.38 bits per heavy atom. The van der Waals surface area contributed by atoms with Gasteiger partial charge in [0.2, 0.25) is 0 Å². The third-order valence-electron chi connectivity index (χ3n) is 1.65. The summed E-state index contributed by atoms with van der Waals surface area (Å²) >= 11 is 0. The maximum absolute atomic E-state index is 11.2. The topological polar surface area (TPSA) is 86.7 Å². The van der Waals surface area contributed by atoms with Gasteiger partial charge in [-0.05, 0) is 0 Å². The highest BCUT2D eigenvalue weighted by Gasteiger charge is 2.38. The van der Waals surface area contributed by atoms with E-state index in [0.29, 0.717) is 0 Å². The molecule has 1 fully saturated rings. The minimum absolute atomic E-state index is 0.0519. The number of carbonyl (C=O) groups is 1. The van der Waals surface area contributed by atoms with Crippen molar-refractivity contribution >= 4 is 16.2 Å². The van der Waals surface area contributed by atoms with Crippen molar-refractivity contribution in [1.29, 1.82) is 0 Å². The van der Waals surface area contributed by atoms with Gasteiger partial charge < -0.3 is 5.11 Å². The van der Waals surface area contributed by atoms with Gasteiger partial charge >= 0.3 is 5.97 Å². The van der Waals surface area contributed by atoms with E-state index in [0.717, 1.165) is 4.31 Å². The first-order valence-corrected chi connectivity index (χ1v) is 5.02. The van der Waals surface area contributed by atoms with E-state index in [4.69, 9.17) is 5.11 Å². The maximum atomic E-state index is 11.2. The average Bonchev–Trinajstić information content (AvgIpc) is 2.28. The summed E-state index contributed by atoms with van der Waals surface area (Å²) in [5.41, 5.74) is 0. The second kappa shape index (κ2) is 3.44. The first-order chi connectivity index (χ1) is 5.97. The van der Waals surface area contributed by atoms with Gasteiger partial charge in [-0.2, -0.15) is 17.4 Å². The first kappa shape index (κ1) is 10.2. The van der Waals surface area contributed by atoms with Crippen LogP contribution in [-0.4, -0.2) is 42.9 Å². The van der Waals surface area contributed by atoms with Crippen molar-refractivity contribution in [3.8, 4) is 0 Å². The van der Waals surface area contributed by atoms with Crippen LogP contribution in [-0.2, 0) is 15.0 Å². The van der Waals surface area contributed by atoms with Gasteiger partial charge in [-0.15, -0.1) is 6.58 Å². The van der Waals surface area contributed by atoms with Gasteiger partial charge in [0.05, 0.1) is 0 Å². The molecule has 7 heteroatoms. The van der Waals surface area contributed by atoms with Crippen molar-refractivity contribution < 1.29 is 18.3 Å². The van der Waals surface area contributed by atoms with Crippen LogP contribution < -0.4 is 4.72 Å². The molecule has 1 aliphatic heterocycles. The number of carboxylic acids is 1. The highest BCUT2D eigenvalue weighted by molar-refractivity contribution is 7.87. The van der Waals surface area contributed by atoms with E-state index in [1.807, 2.05) is 4.72 Å². The predicted molar refractivity (Wildman–Crippen MR) is 45.2 cm³/mol. The van der Waals surface area contributed by atoms with Gasteiger partial charge in [0.25, 0.3) is 10.2 Å². The van der Waals surface area contributed by atoms with Crippen LogP contribution in [0.4, 0.5) is 0 Å². The largest absolute Gasteiger partial charge is 0.480 e. The molecule has 13 heavy (non-hydrogen) atoms. The van der Waals surface area contributed by atoms with Crippen molar-refractivity contribution in [2.75, 3.05) is 13.1 Å². The normalized spacial score (nSPS) is 27.2. The minimum atomic E-state index is -3.61. The molecule has 0 spiro atoms.